The Bertz CT molecular complexity index is 656. The van der Waals surface area contributed by atoms with Crippen molar-refractivity contribution < 1.29 is 9.90 Å². The first-order chi connectivity index (χ1) is 8.08. The van der Waals surface area contributed by atoms with Crippen molar-refractivity contribution in [2.45, 2.75) is 6.54 Å². The van der Waals surface area contributed by atoms with Crippen LogP contribution < -0.4 is 11.2 Å². The van der Waals surface area contributed by atoms with Gasteiger partial charge >= 0.3 is 11.7 Å². The SMILES string of the molecule is O=C(O)c1cn(Cc2cncs2)c(=O)[nH]c1=O. The van der Waals surface area contributed by atoms with Gasteiger partial charge in [-0.15, -0.1) is 11.3 Å². The Morgan fingerprint density at radius 3 is 2.88 bits per heavy atom. The van der Waals surface area contributed by atoms with Crippen LogP contribution in [0.3, 0.4) is 0 Å². The average Bonchev–Trinajstić information content (AvgIpc) is 2.74. The molecule has 0 amide bonds. The van der Waals surface area contributed by atoms with Crippen molar-refractivity contribution in [3.8, 4) is 0 Å². The molecule has 2 heterocycles. The van der Waals surface area contributed by atoms with Crippen molar-refractivity contribution in [2.75, 3.05) is 0 Å². The summed E-state index contributed by atoms with van der Waals surface area (Å²) >= 11 is 1.33. The Morgan fingerprint density at radius 1 is 1.53 bits per heavy atom. The maximum absolute atomic E-state index is 11.4. The lowest BCUT2D eigenvalue weighted by Gasteiger charge is -2.03. The van der Waals surface area contributed by atoms with Crippen LogP contribution in [0.4, 0.5) is 0 Å². The molecule has 2 aromatic heterocycles. The molecule has 0 aliphatic heterocycles. The predicted octanol–water partition coefficient (Wildman–Crippen LogP) is -0.260. The van der Waals surface area contributed by atoms with Gasteiger partial charge in [0.1, 0.15) is 5.56 Å². The lowest BCUT2D eigenvalue weighted by atomic mass is 10.3. The first-order valence-corrected chi connectivity index (χ1v) is 5.40. The third-order valence-electron chi connectivity index (χ3n) is 2.05. The van der Waals surface area contributed by atoms with Crippen molar-refractivity contribution in [1.29, 1.82) is 0 Å². The molecule has 2 aromatic rings. The van der Waals surface area contributed by atoms with E-state index < -0.39 is 22.8 Å². The fourth-order valence-electron chi connectivity index (χ4n) is 1.27. The molecule has 0 spiro atoms. The van der Waals surface area contributed by atoms with E-state index in [1.54, 1.807) is 11.7 Å². The van der Waals surface area contributed by atoms with Gasteiger partial charge in [-0.25, -0.2) is 9.59 Å². The van der Waals surface area contributed by atoms with E-state index in [2.05, 4.69) is 4.98 Å². The minimum absolute atomic E-state index is 0.181. The summed E-state index contributed by atoms with van der Waals surface area (Å²) in [6.45, 7) is 0.181. The summed E-state index contributed by atoms with van der Waals surface area (Å²) in [5.41, 5.74) is -0.407. The molecule has 0 aromatic carbocycles. The second-order valence-electron chi connectivity index (χ2n) is 3.20. The van der Waals surface area contributed by atoms with Crippen molar-refractivity contribution in [1.82, 2.24) is 14.5 Å². The molecule has 2 N–H and O–H groups in total. The maximum Gasteiger partial charge on any atom is 0.342 e. The number of aromatic carboxylic acids is 1. The van der Waals surface area contributed by atoms with Gasteiger partial charge in [0.15, 0.2) is 0 Å². The summed E-state index contributed by atoms with van der Waals surface area (Å²) in [6, 6.07) is 0. The number of H-pyrrole nitrogens is 1. The number of nitrogens with zero attached hydrogens (tertiary/aromatic N) is 2. The summed E-state index contributed by atoms with van der Waals surface area (Å²) in [4.78, 5) is 39.9. The average molecular weight is 253 g/mol. The van der Waals surface area contributed by atoms with Gasteiger partial charge in [-0.05, 0) is 0 Å². The summed E-state index contributed by atoms with van der Waals surface area (Å²) in [5.74, 6) is -1.37. The van der Waals surface area contributed by atoms with Crippen LogP contribution in [0.15, 0.2) is 27.5 Å². The minimum atomic E-state index is -1.37. The fraction of sp³-hybridized carbons (Fsp3) is 0.111. The lowest BCUT2D eigenvalue weighted by molar-refractivity contribution is 0.0693. The van der Waals surface area contributed by atoms with Crippen LogP contribution in [0.1, 0.15) is 15.2 Å². The van der Waals surface area contributed by atoms with Gasteiger partial charge in [-0.1, -0.05) is 0 Å². The van der Waals surface area contributed by atoms with E-state index in [0.29, 0.717) is 0 Å². The van der Waals surface area contributed by atoms with Gasteiger partial charge in [0, 0.05) is 17.3 Å². The topological polar surface area (TPSA) is 105 Å². The number of nitrogens with one attached hydrogen (secondary N) is 1. The molecule has 0 bridgehead atoms. The van der Waals surface area contributed by atoms with E-state index in [1.165, 1.54) is 11.3 Å². The van der Waals surface area contributed by atoms with Crippen molar-refractivity contribution in [3.63, 3.8) is 0 Å². The highest BCUT2D eigenvalue weighted by molar-refractivity contribution is 7.09. The quantitative estimate of drug-likeness (QED) is 0.784. The van der Waals surface area contributed by atoms with Gasteiger partial charge in [-0.3, -0.25) is 19.3 Å². The van der Waals surface area contributed by atoms with Crippen molar-refractivity contribution >= 4 is 17.3 Å². The normalized spacial score (nSPS) is 10.4. The Hall–Kier alpha value is -2.22. The number of rotatable bonds is 3. The van der Waals surface area contributed by atoms with Crippen LogP contribution in [-0.2, 0) is 6.54 Å². The van der Waals surface area contributed by atoms with E-state index in [9.17, 15) is 14.4 Å². The van der Waals surface area contributed by atoms with Gasteiger partial charge < -0.3 is 5.11 Å². The molecule has 0 aliphatic rings. The largest absolute Gasteiger partial charge is 0.477 e. The van der Waals surface area contributed by atoms with Gasteiger partial charge in [-0.2, -0.15) is 0 Å². The number of aromatic amines is 1. The molecule has 0 fully saturated rings. The van der Waals surface area contributed by atoms with Crippen LogP contribution in [0, 0.1) is 0 Å². The molecule has 88 valence electrons. The minimum Gasteiger partial charge on any atom is -0.477 e. The van der Waals surface area contributed by atoms with E-state index in [1.807, 2.05) is 4.98 Å². The molecule has 0 atom stereocenters. The second-order valence-corrected chi connectivity index (χ2v) is 4.17. The summed E-state index contributed by atoms with van der Waals surface area (Å²) in [6.07, 6.45) is 2.60. The molecule has 17 heavy (non-hydrogen) atoms. The van der Waals surface area contributed by atoms with E-state index in [4.69, 9.17) is 5.11 Å². The van der Waals surface area contributed by atoms with Gasteiger partial charge in [0.25, 0.3) is 5.56 Å². The third kappa shape index (κ3) is 2.31. The second kappa shape index (κ2) is 4.34. The Kier molecular flexibility index (Phi) is 2.88. The molecular formula is C9H7N3O4S. The summed E-state index contributed by atoms with van der Waals surface area (Å²) in [7, 11) is 0. The maximum atomic E-state index is 11.4. The van der Waals surface area contributed by atoms with E-state index >= 15 is 0 Å². The molecular weight excluding hydrogens is 246 g/mol. The molecule has 0 radical (unpaired) electrons. The Morgan fingerprint density at radius 2 is 2.29 bits per heavy atom. The van der Waals surface area contributed by atoms with Crippen molar-refractivity contribution in [3.05, 3.63) is 49.2 Å². The van der Waals surface area contributed by atoms with Gasteiger partial charge in [0.05, 0.1) is 12.1 Å². The molecule has 0 saturated heterocycles. The van der Waals surface area contributed by atoms with Crippen LogP contribution >= 0.6 is 11.3 Å². The molecule has 0 saturated carbocycles. The zero-order valence-corrected chi connectivity index (χ0v) is 9.23. The summed E-state index contributed by atoms with van der Waals surface area (Å²) in [5, 5.41) is 8.76. The number of carboxylic acid groups (broad SMARTS) is 1. The lowest BCUT2D eigenvalue weighted by Crippen LogP contribution is -2.33. The van der Waals surface area contributed by atoms with Crippen LogP contribution in [0.25, 0.3) is 0 Å². The van der Waals surface area contributed by atoms with Gasteiger partial charge in [0.2, 0.25) is 0 Å². The van der Waals surface area contributed by atoms with Crippen molar-refractivity contribution in [2.24, 2.45) is 0 Å². The highest BCUT2D eigenvalue weighted by Gasteiger charge is 2.11. The standard InChI is InChI=1S/C9H7N3O4S/c13-7-6(8(14)15)3-12(9(16)11-7)2-5-1-10-4-17-5/h1,3-4H,2H2,(H,14,15)(H,11,13,16). The van der Waals surface area contributed by atoms with E-state index in [0.717, 1.165) is 15.6 Å². The summed E-state index contributed by atoms with van der Waals surface area (Å²) < 4.78 is 1.12. The molecule has 8 heteroatoms. The number of hydrogen-bond donors (Lipinski definition) is 2. The van der Waals surface area contributed by atoms with E-state index in [-0.39, 0.29) is 6.54 Å². The third-order valence-corrected chi connectivity index (χ3v) is 2.82. The monoisotopic (exact) mass is 253 g/mol. The number of carboxylic acids is 1. The highest BCUT2D eigenvalue weighted by atomic mass is 32.1. The zero-order valence-electron chi connectivity index (χ0n) is 8.41. The zero-order chi connectivity index (χ0) is 12.4. The number of aromatic nitrogens is 3. The fourth-order valence-corrected chi connectivity index (χ4v) is 1.86. The smallest absolute Gasteiger partial charge is 0.342 e. The molecule has 2 rings (SSSR count). The van der Waals surface area contributed by atoms with Crippen LogP contribution in [0.2, 0.25) is 0 Å². The first kappa shape index (κ1) is 11.3. The molecule has 0 unspecified atom stereocenters. The number of thiazole rings is 1. The molecule has 0 aliphatic carbocycles. The first-order valence-electron chi connectivity index (χ1n) is 4.52. The predicted molar refractivity (Wildman–Crippen MR) is 59.5 cm³/mol. The van der Waals surface area contributed by atoms with Crippen LogP contribution in [-0.4, -0.2) is 25.6 Å². The Labute approximate surface area is 98.0 Å². The number of hydrogen-bond acceptors (Lipinski definition) is 5. The molecule has 7 nitrogen and oxygen atoms in total. The number of carbonyl (C=O) groups is 1. The Balaban J connectivity index is 2.47. The highest BCUT2D eigenvalue weighted by Crippen LogP contribution is 2.06. The van der Waals surface area contributed by atoms with Crippen LogP contribution in [0.5, 0.6) is 0 Å².